The lowest BCUT2D eigenvalue weighted by atomic mass is 9.80. The zero-order valence-corrected chi connectivity index (χ0v) is 29.5. The highest BCUT2D eigenvalue weighted by Crippen LogP contribution is 2.36. The molecule has 2 heterocycles. The number of rotatable bonds is 10. The van der Waals surface area contributed by atoms with E-state index in [0.29, 0.717) is 60.5 Å². The average molecular weight is 700 g/mol. The summed E-state index contributed by atoms with van der Waals surface area (Å²) in [5.41, 5.74) is 2.20. The fraction of sp³-hybridized carbons (Fsp3) is 0.548. The van der Waals surface area contributed by atoms with Crippen LogP contribution in [0.5, 0.6) is 6.01 Å². The third-order valence-corrected chi connectivity index (χ3v) is 10.4. The Kier molecular flexibility index (Phi) is 11.0. The number of piperidine rings is 1. The Morgan fingerprint density at radius 2 is 1.74 bits per heavy atom. The first-order valence-corrected chi connectivity index (χ1v) is 19.7. The maximum atomic E-state index is 12.7. The van der Waals surface area contributed by atoms with Crippen LogP contribution in [0.25, 0.3) is 11.0 Å². The SMILES string of the molecule is CC(C)(C)OC(=O)N1CCC(C(COc2nc3cc(Cl)c(Cl)cc3n2COCC[Si](C)(C)C)c2ccc(Br)cc2)CC1. The van der Waals surface area contributed by atoms with Crippen LogP contribution in [0, 0.1) is 5.92 Å². The van der Waals surface area contributed by atoms with E-state index in [1.165, 1.54) is 5.56 Å². The number of benzene rings is 2. The second kappa shape index (κ2) is 13.9. The van der Waals surface area contributed by atoms with E-state index in [1.54, 1.807) is 6.07 Å². The van der Waals surface area contributed by atoms with Crippen molar-refractivity contribution in [2.45, 2.75) is 77.5 Å². The average Bonchev–Trinajstić information content (AvgIpc) is 3.22. The summed E-state index contributed by atoms with van der Waals surface area (Å²) in [7, 11) is -1.23. The van der Waals surface area contributed by atoms with E-state index in [-0.39, 0.29) is 12.0 Å². The van der Waals surface area contributed by atoms with Crippen LogP contribution >= 0.6 is 39.1 Å². The van der Waals surface area contributed by atoms with Gasteiger partial charge < -0.3 is 19.1 Å². The van der Waals surface area contributed by atoms with Gasteiger partial charge in [-0.3, -0.25) is 4.57 Å². The number of hydrogen-bond acceptors (Lipinski definition) is 5. The van der Waals surface area contributed by atoms with Crippen LogP contribution < -0.4 is 4.74 Å². The maximum absolute atomic E-state index is 12.7. The second-order valence-corrected chi connectivity index (χ2v) is 20.6. The number of carbonyl (C=O) groups excluding carboxylic acids is 1. The van der Waals surface area contributed by atoms with Crippen molar-refractivity contribution in [3.05, 3.63) is 56.5 Å². The molecule has 0 spiro atoms. The Morgan fingerprint density at radius 1 is 1.10 bits per heavy atom. The summed E-state index contributed by atoms with van der Waals surface area (Å²) in [5.74, 6) is 0.423. The molecule has 3 aromatic rings. The number of amides is 1. The molecule has 0 aliphatic carbocycles. The van der Waals surface area contributed by atoms with Gasteiger partial charge in [0, 0.05) is 38.2 Å². The van der Waals surface area contributed by atoms with Gasteiger partial charge in [-0.15, -0.1) is 0 Å². The van der Waals surface area contributed by atoms with Crippen LogP contribution in [-0.2, 0) is 16.2 Å². The van der Waals surface area contributed by atoms with Gasteiger partial charge in [0.25, 0.3) is 6.01 Å². The molecule has 1 aliphatic heterocycles. The molecular formula is C31H42BrCl2N3O4Si. The number of imidazole rings is 1. The van der Waals surface area contributed by atoms with Gasteiger partial charge in [0.15, 0.2) is 0 Å². The standard InChI is InChI=1S/C31H42BrCl2N3O4Si/c1-31(2,3)41-30(38)36-13-11-22(12-14-36)24(21-7-9-23(32)10-8-21)19-40-29-35-27-17-25(33)26(34)18-28(27)37(29)20-39-15-16-42(4,5)6/h7-10,17-18,22,24H,11-16,19-20H2,1-6H3. The minimum atomic E-state index is -1.23. The number of likely N-dealkylation sites (tertiary alicyclic amines) is 1. The number of ether oxygens (including phenoxy) is 3. The van der Waals surface area contributed by atoms with Gasteiger partial charge in [0.1, 0.15) is 12.3 Å². The number of halogens is 3. The van der Waals surface area contributed by atoms with E-state index in [0.717, 1.165) is 28.9 Å². The van der Waals surface area contributed by atoms with Crippen LogP contribution in [0.4, 0.5) is 4.79 Å². The van der Waals surface area contributed by atoms with Crippen molar-refractivity contribution in [2.75, 3.05) is 26.3 Å². The predicted molar refractivity (Wildman–Crippen MR) is 177 cm³/mol. The molecule has 1 amide bonds. The van der Waals surface area contributed by atoms with Crippen molar-refractivity contribution in [2.24, 2.45) is 5.92 Å². The summed E-state index contributed by atoms with van der Waals surface area (Å²) in [6.45, 7) is 15.4. The van der Waals surface area contributed by atoms with Gasteiger partial charge in [-0.2, -0.15) is 4.98 Å². The van der Waals surface area contributed by atoms with Gasteiger partial charge in [-0.25, -0.2) is 4.79 Å². The maximum Gasteiger partial charge on any atom is 0.410 e. The number of fused-ring (bicyclic) bond motifs is 1. The first-order valence-electron chi connectivity index (χ1n) is 14.5. The topological polar surface area (TPSA) is 65.8 Å². The highest BCUT2D eigenvalue weighted by Gasteiger charge is 2.32. The third-order valence-electron chi connectivity index (χ3n) is 7.42. The molecule has 1 fully saturated rings. The number of nitrogens with zero attached hydrogens (tertiary/aromatic N) is 3. The third kappa shape index (κ3) is 9.11. The first kappa shape index (κ1) is 33.1. The van der Waals surface area contributed by atoms with Crippen molar-refractivity contribution in [3.63, 3.8) is 0 Å². The Morgan fingerprint density at radius 3 is 2.36 bits per heavy atom. The normalized spacial score (nSPS) is 15.7. The Balaban J connectivity index is 1.54. The molecule has 0 N–H and O–H groups in total. The van der Waals surface area contributed by atoms with Gasteiger partial charge in [-0.1, -0.05) is 70.9 Å². The van der Waals surface area contributed by atoms with Gasteiger partial charge in [0.05, 0.1) is 27.7 Å². The van der Waals surface area contributed by atoms with Crippen LogP contribution in [0.2, 0.25) is 35.7 Å². The molecule has 4 rings (SSSR count). The lowest BCUT2D eigenvalue weighted by molar-refractivity contribution is 0.0165. The zero-order valence-electron chi connectivity index (χ0n) is 25.4. The van der Waals surface area contributed by atoms with Crippen molar-refractivity contribution >= 4 is 64.3 Å². The number of aromatic nitrogens is 2. The minimum absolute atomic E-state index is 0.104. The zero-order chi connectivity index (χ0) is 30.7. The van der Waals surface area contributed by atoms with E-state index in [9.17, 15) is 4.79 Å². The quantitative estimate of drug-likeness (QED) is 0.156. The second-order valence-electron chi connectivity index (χ2n) is 13.2. The molecule has 2 aromatic carbocycles. The molecule has 7 nitrogen and oxygen atoms in total. The van der Waals surface area contributed by atoms with Gasteiger partial charge >= 0.3 is 6.09 Å². The van der Waals surface area contributed by atoms with Crippen molar-refractivity contribution in [1.29, 1.82) is 0 Å². The fourth-order valence-electron chi connectivity index (χ4n) is 5.06. The van der Waals surface area contributed by atoms with Crippen molar-refractivity contribution in [3.8, 4) is 6.01 Å². The van der Waals surface area contributed by atoms with Crippen LogP contribution in [0.1, 0.15) is 45.1 Å². The summed E-state index contributed by atoms with van der Waals surface area (Å²) in [6, 6.07) is 13.5. The minimum Gasteiger partial charge on any atom is -0.464 e. The van der Waals surface area contributed by atoms with Gasteiger partial charge in [-0.05, 0) is 75.4 Å². The number of hydrogen-bond donors (Lipinski definition) is 0. The number of carbonyl (C=O) groups is 1. The van der Waals surface area contributed by atoms with Crippen molar-refractivity contribution in [1.82, 2.24) is 14.5 Å². The highest BCUT2D eigenvalue weighted by molar-refractivity contribution is 9.10. The van der Waals surface area contributed by atoms with E-state index in [1.807, 2.05) is 36.3 Å². The summed E-state index contributed by atoms with van der Waals surface area (Å²) >= 11 is 16.3. The monoisotopic (exact) mass is 697 g/mol. The molecular weight excluding hydrogens is 657 g/mol. The van der Waals surface area contributed by atoms with E-state index < -0.39 is 13.7 Å². The largest absolute Gasteiger partial charge is 0.464 e. The Bertz CT molecular complexity index is 1360. The molecule has 1 unspecified atom stereocenters. The smallest absolute Gasteiger partial charge is 0.410 e. The van der Waals surface area contributed by atoms with E-state index >= 15 is 0 Å². The summed E-state index contributed by atoms with van der Waals surface area (Å²) in [4.78, 5) is 19.3. The fourth-order valence-corrected chi connectivity index (χ4v) is 6.39. The lowest BCUT2D eigenvalue weighted by Gasteiger charge is -2.36. The molecule has 42 heavy (non-hydrogen) atoms. The molecule has 11 heteroatoms. The molecule has 1 saturated heterocycles. The Hall–Kier alpha value is -1.78. The van der Waals surface area contributed by atoms with Crippen LogP contribution in [0.3, 0.4) is 0 Å². The molecule has 0 saturated carbocycles. The van der Waals surface area contributed by atoms with E-state index in [2.05, 4.69) is 59.8 Å². The van der Waals surface area contributed by atoms with Crippen molar-refractivity contribution < 1.29 is 19.0 Å². The summed E-state index contributed by atoms with van der Waals surface area (Å²) < 4.78 is 21.2. The molecule has 230 valence electrons. The van der Waals surface area contributed by atoms with E-state index in [4.69, 9.17) is 42.4 Å². The first-order chi connectivity index (χ1) is 19.7. The predicted octanol–water partition coefficient (Wildman–Crippen LogP) is 9.23. The lowest BCUT2D eigenvalue weighted by Crippen LogP contribution is -2.43. The van der Waals surface area contributed by atoms with Crippen LogP contribution in [0.15, 0.2) is 40.9 Å². The Labute approximate surface area is 268 Å². The highest BCUT2D eigenvalue weighted by atomic mass is 79.9. The van der Waals surface area contributed by atoms with Crippen LogP contribution in [-0.4, -0.2) is 60.5 Å². The molecule has 0 bridgehead atoms. The molecule has 1 aromatic heterocycles. The molecule has 1 aliphatic rings. The molecule has 0 radical (unpaired) electrons. The summed E-state index contributed by atoms with van der Waals surface area (Å²) in [5, 5.41) is 0.910. The molecule has 1 atom stereocenters. The van der Waals surface area contributed by atoms with Gasteiger partial charge in [0.2, 0.25) is 0 Å². The summed E-state index contributed by atoms with van der Waals surface area (Å²) in [6.07, 6.45) is 1.45.